The first kappa shape index (κ1) is 79.6. The number of carbonyl (C=O) groups excluding carboxylic acids is 9. The lowest BCUT2D eigenvalue weighted by atomic mass is 9.85. The zero-order valence-corrected chi connectivity index (χ0v) is 58.7. The number of carboxylic acids is 1. The Morgan fingerprint density at radius 3 is 1.17 bits per heavy atom. The Hall–Kier alpha value is -8.65. The van der Waals surface area contributed by atoms with Crippen LogP contribution < -0.4 is 16.0 Å². The maximum Gasteiger partial charge on any atom is 0.419 e. The number of carboxylic acid groups (broad SMARTS) is 1. The van der Waals surface area contributed by atoms with E-state index < -0.39 is 88.5 Å². The molecule has 6 rings (SSSR count). The minimum atomic E-state index is -0.884. The van der Waals surface area contributed by atoms with Crippen molar-refractivity contribution in [2.24, 2.45) is 28.6 Å². The number of ketones is 1. The molecular weight excluding hydrogens is 1220 g/mol. The van der Waals surface area contributed by atoms with E-state index in [1.807, 2.05) is 151 Å². The molecule has 20 nitrogen and oxygen atoms in total. The minimum Gasteiger partial charge on any atom is -0.481 e. The molecule has 0 bridgehead atoms. The standard InChI is InChI=1S/C31H39N3O6.C20H29NO4.C17H21NO4.C5H9ClO/c1-7-39-29(37)25(18-22-13-9-8-10-14-22)33-28(36)21(3)32-27(35)20(2)17-23-19-34(30(38)40-31(4,5)6)26-16-12-11-15-24(23)26;1-6-25-19(24)16(13-15-10-8-7-9-11-15)21-18(23)14(2)12-17(22)20(3,4)5;1-11(15(19)20)9-12-10-18(16(21)22-17(2,3)4)14-8-6-5-7-13(12)14;1-5(2,3)4(6)7/h8-16,19-21,25H,7,17-18H2,1-6H3,(H,32,35)(H,33,36);7-11,14,16H,6,12-13H2,1-5H3,(H,21,23);5-8,10-11H,9H2,1-4H3,(H,19,20);1-3H3/t20-,21-,25-;14-,16+;11-;/m010./s1. The normalized spacial score (nSPS) is 13.4. The second-order valence-electron chi connectivity index (χ2n) is 27.1. The predicted octanol–water partition coefficient (Wildman–Crippen LogP) is 12.8. The van der Waals surface area contributed by atoms with Gasteiger partial charge in [0.25, 0.3) is 0 Å². The van der Waals surface area contributed by atoms with Gasteiger partial charge in [-0.2, -0.15) is 0 Å². The van der Waals surface area contributed by atoms with Crippen molar-refractivity contribution in [2.75, 3.05) is 13.2 Å². The molecule has 6 aromatic rings. The van der Waals surface area contributed by atoms with E-state index in [-0.39, 0.29) is 54.3 Å². The summed E-state index contributed by atoms with van der Waals surface area (Å²) in [5, 5.41) is 18.7. The second-order valence-corrected chi connectivity index (χ2v) is 27.5. The van der Waals surface area contributed by atoms with Crippen molar-refractivity contribution in [3.05, 3.63) is 144 Å². The van der Waals surface area contributed by atoms with Gasteiger partial charge < -0.3 is 40.0 Å². The van der Waals surface area contributed by atoms with E-state index in [1.165, 1.54) is 9.13 Å². The minimum absolute atomic E-state index is 0.0193. The van der Waals surface area contributed by atoms with E-state index in [0.29, 0.717) is 24.8 Å². The molecule has 0 aliphatic heterocycles. The quantitative estimate of drug-likeness (QED) is 0.0296. The molecule has 512 valence electrons. The summed E-state index contributed by atoms with van der Waals surface area (Å²) in [6, 6.07) is 31.1. The van der Waals surface area contributed by atoms with Gasteiger partial charge in [-0.3, -0.25) is 37.9 Å². The Balaban J connectivity index is 0.000000367. The molecule has 0 saturated heterocycles. The molecule has 0 radical (unpaired) electrons. The lowest BCUT2D eigenvalue weighted by Gasteiger charge is -2.22. The number of aromatic nitrogens is 2. The largest absolute Gasteiger partial charge is 0.481 e. The van der Waals surface area contributed by atoms with E-state index in [4.69, 9.17) is 35.7 Å². The first-order chi connectivity index (χ1) is 43.7. The summed E-state index contributed by atoms with van der Waals surface area (Å²) in [5.74, 6) is -4.48. The van der Waals surface area contributed by atoms with E-state index in [2.05, 4.69) is 16.0 Å². The van der Waals surface area contributed by atoms with Crippen LogP contribution in [-0.2, 0) is 83.0 Å². The molecule has 0 aliphatic carbocycles. The monoisotopic (exact) mass is 1320 g/mol. The first-order valence-corrected chi connectivity index (χ1v) is 32.0. The summed E-state index contributed by atoms with van der Waals surface area (Å²) in [6.45, 7) is 32.2. The van der Waals surface area contributed by atoms with Crippen LogP contribution in [0, 0.1) is 28.6 Å². The second kappa shape index (κ2) is 36.1. The summed E-state index contributed by atoms with van der Waals surface area (Å²) in [6.07, 6.45) is 3.90. The zero-order valence-electron chi connectivity index (χ0n) is 57.9. The van der Waals surface area contributed by atoms with E-state index in [0.717, 1.165) is 38.5 Å². The van der Waals surface area contributed by atoms with Crippen molar-refractivity contribution in [2.45, 2.75) is 186 Å². The number of hydrogen-bond acceptors (Lipinski definition) is 14. The van der Waals surface area contributed by atoms with Gasteiger partial charge in [0.05, 0.1) is 30.2 Å². The molecule has 0 spiro atoms. The van der Waals surface area contributed by atoms with Gasteiger partial charge in [0, 0.05) is 65.1 Å². The Morgan fingerprint density at radius 1 is 0.468 bits per heavy atom. The van der Waals surface area contributed by atoms with Gasteiger partial charge in [-0.05, 0) is 121 Å². The summed E-state index contributed by atoms with van der Waals surface area (Å²) >= 11 is 5.11. The molecule has 94 heavy (non-hydrogen) atoms. The van der Waals surface area contributed by atoms with Crippen LogP contribution in [0.4, 0.5) is 9.59 Å². The molecule has 4 aromatic carbocycles. The van der Waals surface area contributed by atoms with Gasteiger partial charge in [0.1, 0.15) is 35.1 Å². The molecule has 0 unspecified atom stereocenters. The van der Waals surface area contributed by atoms with E-state index in [1.54, 1.807) is 95.5 Å². The number of nitrogens with zero attached hydrogens (tertiary/aromatic N) is 2. The Morgan fingerprint density at radius 2 is 0.819 bits per heavy atom. The van der Waals surface area contributed by atoms with Gasteiger partial charge >= 0.3 is 30.1 Å². The SMILES string of the molecule is CC(C)(C)C(=O)Cl.CCOC(=O)[C@H](Cc1ccccc1)NC(=O)[C@H](C)CC(=O)C(C)(C)C.CCOC(=O)[C@H](Cc1ccccc1)NC(=O)[C@H](C)NC(=O)[C@@H](C)Cc1cn(C(=O)OC(C)(C)C)c2ccccc12.C[C@@H](Cc1cn(C(=O)OC(C)(C)C)c2ccccc12)C(=O)O. The van der Waals surface area contributed by atoms with Crippen LogP contribution in [0.2, 0.25) is 0 Å². The van der Waals surface area contributed by atoms with Crippen LogP contribution in [0.15, 0.2) is 122 Å². The Kier molecular flexibility index (Phi) is 30.6. The number of carbonyl (C=O) groups is 10. The number of esters is 2. The van der Waals surface area contributed by atoms with Crippen LogP contribution in [0.1, 0.15) is 153 Å². The van der Waals surface area contributed by atoms with Crippen LogP contribution in [0.3, 0.4) is 0 Å². The third-order valence-corrected chi connectivity index (χ3v) is 14.7. The molecule has 2 aromatic heterocycles. The fourth-order valence-corrected chi connectivity index (χ4v) is 8.87. The third kappa shape index (κ3) is 26.8. The van der Waals surface area contributed by atoms with Gasteiger partial charge in [-0.15, -0.1) is 0 Å². The number of Topliss-reactive ketones (excluding diaryl/α,β-unsaturated/α-hetero) is 1. The van der Waals surface area contributed by atoms with Crippen molar-refractivity contribution < 1.29 is 72.0 Å². The van der Waals surface area contributed by atoms with Crippen LogP contribution in [0.25, 0.3) is 21.8 Å². The highest BCUT2D eigenvalue weighted by Gasteiger charge is 2.31. The molecule has 2 heterocycles. The number of ether oxygens (including phenoxy) is 4. The predicted molar refractivity (Wildman–Crippen MR) is 364 cm³/mol. The molecular formula is C73H98ClN5O15. The highest BCUT2D eigenvalue weighted by Crippen LogP contribution is 2.28. The Bertz CT molecular complexity index is 3530. The van der Waals surface area contributed by atoms with Crippen molar-refractivity contribution >= 4 is 92.2 Å². The fraction of sp³-hybridized carbons (Fsp3) is 0.479. The van der Waals surface area contributed by atoms with Crippen molar-refractivity contribution in [3.8, 4) is 0 Å². The van der Waals surface area contributed by atoms with Gasteiger partial charge in [0.15, 0.2) is 0 Å². The lowest BCUT2D eigenvalue weighted by molar-refractivity contribution is -0.148. The molecule has 6 atom stereocenters. The van der Waals surface area contributed by atoms with Crippen molar-refractivity contribution in [1.82, 2.24) is 25.1 Å². The maximum atomic E-state index is 13.1. The summed E-state index contributed by atoms with van der Waals surface area (Å²) in [4.78, 5) is 122. The van der Waals surface area contributed by atoms with E-state index >= 15 is 0 Å². The van der Waals surface area contributed by atoms with Gasteiger partial charge in [0.2, 0.25) is 23.0 Å². The number of aliphatic carboxylic acids is 1. The number of fused-ring (bicyclic) bond motifs is 2. The molecule has 4 N–H and O–H groups in total. The number of halogens is 1. The number of nitrogens with one attached hydrogen (secondary N) is 3. The van der Waals surface area contributed by atoms with Gasteiger partial charge in [-0.1, -0.05) is 159 Å². The van der Waals surface area contributed by atoms with Gasteiger partial charge in [-0.25, -0.2) is 19.2 Å². The topological polar surface area (TPSA) is 274 Å². The number of rotatable bonds is 21. The fourth-order valence-electron chi connectivity index (χ4n) is 8.87. The molecule has 0 saturated carbocycles. The van der Waals surface area contributed by atoms with Crippen molar-refractivity contribution in [3.63, 3.8) is 0 Å². The highest BCUT2D eigenvalue weighted by atomic mass is 35.5. The summed E-state index contributed by atoms with van der Waals surface area (Å²) in [7, 11) is 0. The average molecular weight is 1320 g/mol. The molecule has 0 aliphatic rings. The lowest BCUT2D eigenvalue weighted by Crippen LogP contribution is -2.52. The first-order valence-electron chi connectivity index (χ1n) is 31.6. The van der Waals surface area contributed by atoms with Crippen LogP contribution >= 0.6 is 11.6 Å². The summed E-state index contributed by atoms with van der Waals surface area (Å²) in [5.41, 5.74) is 2.76. The number of benzene rings is 4. The summed E-state index contributed by atoms with van der Waals surface area (Å²) < 4.78 is 24.1. The maximum absolute atomic E-state index is 13.1. The van der Waals surface area contributed by atoms with Crippen molar-refractivity contribution in [1.29, 1.82) is 0 Å². The molecule has 0 fully saturated rings. The number of amides is 3. The molecule has 3 amide bonds. The van der Waals surface area contributed by atoms with Crippen LogP contribution in [-0.4, -0.2) is 116 Å². The van der Waals surface area contributed by atoms with Crippen LogP contribution in [0.5, 0.6) is 0 Å². The number of hydrogen-bond donors (Lipinski definition) is 4. The molecule has 21 heteroatoms. The van der Waals surface area contributed by atoms with E-state index in [9.17, 15) is 47.9 Å². The third-order valence-electron chi connectivity index (χ3n) is 14.1. The average Bonchev–Trinajstić information content (AvgIpc) is 1.65. The Labute approximate surface area is 558 Å². The highest BCUT2D eigenvalue weighted by molar-refractivity contribution is 6.64. The smallest absolute Gasteiger partial charge is 0.419 e. The number of para-hydroxylation sites is 2. The zero-order chi connectivity index (χ0) is 71.1.